The summed E-state index contributed by atoms with van der Waals surface area (Å²) in [6.45, 7) is 11.7. The number of aliphatic hydroxyl groups is 2. The van der Waals surface area contributed by atoms with Gasteiger partial charge >= 0.3 is 0 Å². The summed E-state index contributed by atoms with van der Waals surface area (Å²) < 4.78 is 0.713. The van der Waals surface area contributed by atoms with Gasteiger partial charge in [-0.05, 0) is 19.1 Å². The minimum Gasteiger partial charge on any atom is -0.395 e. The van der Waals surface area contributed by atoms with Crippen molar-refractivity contribution in [2.75, 3.05) is 39.9 Å². The molecule has 0 amide bonds. The highest BCUT2D eigenvalue weighted by Crippen LogP contribution is 2.20. The molecule has 0 aliphatic carbocycles. The van der Waals surface area contributed by atoms with E-state index in [1.54, 1.807) is 0 Å². The molecule has 2 N–H and O–H groups in total. The average molecular weight is 214 g/mol. The Bertz CT molecular complexity index is 200. The first kappa shape index (κ1) is 14.4. The molecule has 0 saturated heterocycles. The van der Waals surface area contributed by atoms with Gasteiger partial charge in [-0.15, -0.1) is 0 Å². The minimum atomic E-state index is -0.444. The second kappa shape index (κ2) is 6.05. The highest BCUT2D eigenvalue weighted by atomic mass is 16.3. The van der Waals surface area contributed by atoms with Crippen LogP contribution in [0.25, 0.3) is 0 Å². The Morgan fingerprint density at radius 3 is 1.80 bits per heavy atom. The first-order valence-corrected chi connectivity index (χ1v) is 5.22. The van der Waals surface area contributed by atoms with E-state index < -0.39 is 5.41 Å². The zero-order chi connectivity index (χ0) is 11.9. The van der Waals surface area contributed by atoms with E-state index in [1.807, 2.05) is 19.1 Å². The molecule has 0 spiro atoms. The Morgan fingerprint density at radius 1 is 1.13 bits per heavy atom. The van der Waals surface area contributed by atoms with E-state index in [0.717, 1.165) is 13.1 Å². The third kappa shape index (κ3) is 4.60. The zero-order valence-electron chi connectivity index (χ0n) is 9.95. The van der Waals surface area contributed by atoms with E-state index in [4.69, 9.17) is 0 Å². The van der Waals surface area contributed by atoms with Crippen molar-refractivity contribution in [1.29, 1.82) is 0 Å². The van der Waals surface area contributed by atoms with Crippen LogP contribution in [-0.2, 0) is 0 Å². The first-order chi connectivity index (χ1) is 6.95. The number of aliphatic hydroxyl groups excluding tert-OH is 2. The van der Waals surface area contributed by atoms with Crippen LogP contribution in [-0.4, -0.2) is 54.6 Å². The van der Waals surface area contributed by atoms with Gasteiger partial charge in [0, 0.05) is 0 Å². The molecule has 0 unspecified atom stereocenters. The van der Waals surface area contributed by atoms with Gasteiger partial charge in [-0.1, -0.05) is 13.2 Å². The average Bonchev–Trinajstić information content (AvgIpc) is 2.18. The molecule has 3 nitrogen and oxygen atoms in total. The van der Waals surface area contributed by atoms with Crippen LogP contribution in [0, 0.1) is 5.41 Å². The summed E-state index contributed by atoms with van der Waals surface area (Å²) in [6, 6.07) is 0. The molecule has 88 valence electrons. The van der Waals surface area contributed by atoms with Crippen LogP contribution in [0.4, 0.5) is 0 Å². The Balaban J connectivity index is 4.63. The highest BCUT2D eigenvalue weighted by molar-refractivity contribution is 4.77. The molecule has 0 saturated carbocycles. The molecule has 0 fully saturated rings. The molecule has 0 bridgehead atoms. The van der Waals surface area contributed by atoms with Crippen molar-refractivity contribution in [1.82, 2.24) is 0 Å². The number of hydrogen-bond acceptors (Lipinski definition) is 2. The monoisotopic (exact) mass is 214 g/mol. The second-order valence-corrected chi connectivity index (χ2v) is 4.85. The van der Waals surface area contributed by atoms with E-state index >= 15 is 0 Å². The summed E-state index contributed by atoms with van der Waals surface area (Å²) in [6.07, 6.45) is 3.72. The molecule has 0 aromatic carbocycles. The molecule has 3 heteroatoms. The van der Waals surface area contributed by atoms with E-state index in [2.05, 4.69) is 20.2 Å². The molecule has 0 aromatic heterocycles. The summed E-state index contributed by atoms with van der Waals surface area (Å²) >= 11 is 0. The highest BCUT2D eigenvalue weighted by Gasteiger charge is 2.33. The van der Waals surface area contributed by atoms with E-state index in [9.17, 15) is 10.2 Å². The molecule has 0 heterocycles. The van der Waals surface area contributed by atoms with Crippen LogP contribution in [0.5, 0.6) is 0 Å². The van der Waals surface area contributed by atoms with Crippen LogP contribution in [0.2, 0.25) is 0 Å². The number of likely N-dealkylation sites (N-methyl/N-ethyl adjacent to an activating group) is 1. The number of rotatable bonds is 8. The predicted molar refractivity (Wildman–Crippen MR) is 63.5 cm³/mol. The quantitative estimate of drug-likeness (QED) is 0.463. The molecule has 15 heavy (non-hydrogen) atoms. The summed E-state index contributed by atoms with van der Waals surface area (Å²) in [4.78, 5) is 0. The summed E-state index contributed by atoms with van der Waals surface area (Å²) in [7, 11) is 2.08. The molecule has 0 atom stereocenters. The SMILES string of the molecule is C=CC[N+](C)(CC=C)CC(C)(CO)CO. The fourth-order valence-corrected chi connectivity index (χ4v) is 1.90. The van der Waals surface area contributed by atoms with Gasteiger partial charge in [0.1, 0.15) is 0 Å². The van der Waals surface area contributed by atoms with Crippen molar-refractivity contribution in [2.24, 2.45) is 5.41 Å². The topological polar surface area (TPSA) is 40.5 Å². The fourth-order valence-electron chi connectivity index (χ4n) is 1.90. The molecular weight excluding hydrogens is 190 g/mol. The number of quaternary nitrogens is 1. The van der Waals surface area contributed by atoms with Crippen LogP contribution in [0.15, 0.2) is 25.3 Å². The molecular formula is C12H24NO2+. The van der Waals surface area contributed by atoms with Crippen molar-refractivity contribution in [3.05, 3.63) is 25.3 Å². The van der Waals surface area contributed by atoms with Gasteiger partial charge in [0.25, 0.3) is 0 Å². The summed E-state index contributed by atoms with van der Waals surface area (Å²) in [5, 5.41) is 18.5. The standard InChI is InChI=1S/C12H24NO2/c1-5-7-13(4,8-6-2)9-12(3,10-14)11-15/h5-6,14-15H,1-2,7-11H2,3-4H3/q+1. The minimum absolute atomic E-state index is 0.00831. The maximum atomic E-state index is 9.26. The lowest BCUT2D eigenvalue weighted by atomic mass is 9.91. The van der Waals surface area contributed by atoms with Gasteiger partial charge in [-0.2, -0.15) is 0 Å². The van der Waals surface area contributed by atoms with Gasteiger partial charge in [-0.25, -0.2) is 0 Å². The third-order valence-electron chi connectivity index (χ3n) is 2.67. The molecule has 0 aromatic rings. The molecule has 0 aliphatic rings. The normalized spacial score (nSPS) is 12.5. The molecule has 0 aliphatic heterocycles. The van der Waals surface area contributed by atoms with Gasteiger partial charge < -0.3 is 14.7 Å². The Kier molecular flexibility index (Phi) is 5.80. The lowest BCUT2D eigenvalue weighted by Crippen LogP contribution is -2.52. The van der Waals surface area contributed by atoms with Crippen molar-refractivity contribution < 1.29 is 14.7 Å². The Labute approximate surface area is 92.9 Å². The van der Waals surface area contributed by atoms with Crippen LogP contribution in [0.1, 0.15) is 6.92 Å². The van der Waals surface area contributed by atoms with E-state index in [0.29, 0.717) is 11.0 Å². The van der Waals surface area contributed by atoms with Crippen molar-refractivity contribution in [2.45, 2.75) is 6.92 Å². The Hall–Kier alpha value is -0.640. The number of nitrogens with zero attached hydrogens (tertiary/aromatic N) is 1. The lowest BCUT2D eigenvalue weighted by molar-refractivity contribution is -0.904. The van der Waals surface area contributed by atoms with Gasteiger partial charge in [0.2, 0.25) is 0 Å². The van der Waals surface area contributed by atoms with Gasteiger partial charge in [0.15, 0.2) is 0 Å². The maximum absolute atomic E-state index is 9.26. The van der Waals surface area contributed by atoms with Crippen LogP contribution >= 0.6 is 0 Å². The largest absolute Gasteiger partial charge is 0.395 e. The van der Waals surface area contributed by atoms with Crippen LogP contribution < -0.4 is 0 Å². The predicted octanol–water partition coefficient (Wildman–Crippen LogP) is 0.796. The Morgan fingerprint density at radius 2 is 1.53 bits per heavy atom. The summed E-state index contributed by atoms with van der Waals surface area (Å²) in [5.74, 6) is 0. The molecule has 0 radical (unpaired) electrons. The van der Waals surface area contributed by atoms with Gasteiger partial charge in [0.05, 0.1) is 45.3 Å². The van der Waals surface area contributed by atoms with Crippen LogP contribution in [0.3, 0.4) is 0 Å². The molecule has 0 rings (SSSR count). The number of hydrogen-bond donors (Lipinski definition) is 2. The zero-order valence-corrected chi connectivity index (χ0v) is 9.95. The first-order valence-electron chi connectivity index (χ1n) is 5.22. The fraction of sp³-hybridized carbons (Fsp3) is 0.667. The van der Waals surface area contributed by atoms with Gasteiger partial charge in [-0.3, -0.25) is 0 Å². The van der Waals surface area contributed by atoms with Crippen molar-refractivity contribution >= 4 is 0 Å². The van der Waals surface area contributed by atoms with Crippen molar-refractivity contribution in [3.8, 4) is 0 Å². The van der Waals surface area contributed by atoms with Crippen molar-refractivity contribution in [3.63, 3.8) is 0 Å². The second-order valence-electron chi connectivity index (χ2n) is 4.85. The maximum Gasteiger partial charge on any atom is 0.0971 e. The smallest absolute Gasteiger partial charge is 0.0971 e. The summed E-state index contributed by atoms with van der Waals surface area (Å²) in [5.41, 5.74) is -0.444. The lowest BCUT2D eigenvalue weighted by Gasteiger charge is -2.39. The van der Waals surface area contributed by atoms with E-state index in [-0.39, 0.29) is 13.2 Å². The van der Waals surface area contributed by atoms with E-state index in [1.165, 1.54) is 0 Å². The third-order valence-corrected chi connectivity index (χ3v) is 2.67.